The van der Waals surface area contributed by atoms with E-state index in [0.717, 1.165) is 56.7 Å². The molecule has 0 radical (unpaired) electrons. The number of ether oxygens (including phenoxy) is 3. The number of benzene rings is 1. The Labute approximate surface area is 188 Å². The number of hydrogen-bond donors (Lipinski definition) is 1. The molecule has 2 aliphatic heterocycles. The first-order valence-corrected chi connectivity index (χ1v) is 11.0. The van der Waals surface area contributed by atoms with Gasteiger partial charge >= 0.3 is 0 Å². The van der Waals surface area contributed by atoms with E-state index in [1.54, 1.807) is 21.3 Å². The molecular formula is C24H40ClNO4. The molecule has 4 unspecified atom stereocenters. The average molecular weight is 442 g/mol. The molecule has 2 aliphatic rings. The van der Waals surface area contributed by atoms with Crippen molar-refractivity contribution in [2.45, 2.75) is 70.6 Å². The number of fused-ring (bicyclic) bond motifs is 3. The number of hydrogen-bond acceptors (Lipinski definition) is 5. The van der Waals surface area contributed by atoms with Crippen LogP contribution in [-0.4, -0.2) is 56.1 Å². The van der Waals surface area contributed by atoms with Crippen molar-refractivity contribution in [1.82, 2.24) is 4.90 Å². The van der Waals surface area contributed by atoms with Crippen LogP contribution in [-0.2, 0) is 11.2 Å². The van der Waals surface area contributed by atoms with Crippen LogP contribution in [0, 0.1) is 11.8 Å². The second kappa shape index (κ2) is 10.5. The lowest BCUT2D eigenvalue weighted by Gasteiger charge is -2.52. The Morgan fingerprint density at radius 2 is 1.80 bits per heavy atom. The summed E-state index contributed by atoms with van der Waals surface area (Å²) in [6.07, 6.45) is 4.67. The van der Waals surface area contributed by atoms with Crippen molar-refractivity contribution in [2.24, 2.45) is 11.8 Å². The van der Waals surface area contributed by atoms with Gasteiger partial charge in [0.1, 0.15) is 0 Å². The summed E-state index contributed by atoms with van der Waals surface area (Å²) in [4.78, 5) is 2.58. The third kappa shape index (κ3) is 5.24. The zero-order valence-corrected chi connectivity index (χ0v) is 20.3. The molecule has 0 amide bonds. The second-order valence-corrected chi connectivity index (χ2v) is 9.39. The second-order valence-electron chi connectivity index (χ2n) is 9.39. The van der Waals surface area contributed by atoms with E-state index in [0.29, 0.717) is 11.8 Å². The molecule has 0 aliphatic carbocycles. The maximum atomic E-state index is 11.9. The SMILES string of the molecule is COc1cc2c(cc1OC)C1CC(O)(CCC(C)OC)C(CC(C)C)CN1CC2.Cl. The first kappa shape index (κ1) is 25.3. The van der Waals surface area contributed by atoms with Crippen LogP contribution < -0.4 is 9.47 Å². The zero-order valence-electron chi connectivity index (χ0n) is 19.4. The van der Waals surface area contributed by atoms with E-state index >= 15 is 0 Å². The quantitative estimate of drug-likeness (QED) is 0.637. The minimum Gasteiger partial charge on any atom is -0.493 e. The molecular weight excluding hydrogens is 402 g/mol. The van der Waals surface area contributed by atoms with Crippen LogP contribution in [0.5, 0.6) is 11.5 Å². The molecule has 1 saturated heterocycles. The molecule has 3 rings (SSSR count). The Kier molecular flexibility index (Phi) is 8.87. The molecule has 1 N–H and O–H groups in total. The monoisotopic (exact) mass is 441 g/mol. The molecule has 6 heteroatoms. The van der Waals surface area contributed by atoms with Gasteiger partial charge in [-0.3, -0.25) is 4.90 Å². The van der Waals surface area contributed by atoms with Crippen molar-refractivity contribution < 1.29 is 19.3 Å². The number of aliphatic hydroxyl groups is 1. The van der Waals surface area contributed by atoms with Gasteiger partial charge in [0.25, 0.3) is 0 Å². The molecule has 4 atom stereocenters. The van der Waals surface area contributed by atoms with Gasteiger partial charge in [-0.05, 0) is 68.2 Å². The van der Waals surface area contributed by atoms with Crippen LogP contribution >= 0.6 is 12.4 Å². The summed E-state index contributed by atoms with van der Waals surface area (Å²) in [6, 6.07) is 4.48. The Morgan fingerprint density at radius 3 is 2.40 bits per heavy atom. The highest BCUT2D eigenvalue weighted by Gasteiger charge is 2.47. The molecule has 0 aromatic heterocycles. The summed E-state index contributed by atoms with van der Waals surface area (Å²) in [6.45, 7) is 8.59. The third-order valence-corrected chi connectivity index (χ3v) is 7.02. The highest BCUT2D eigenvalue weighted by atomic mass is 35.5. The Balaban J connectivity index is 0.00000320. The van der Waals surface area contributed by atoms with Crippen molar-refractivity contribution in [2.75, 3.05) is 34.4 Å². The minimum atomic E-state index is -0.667. The zero-order chi connectivity index (χ0) is 21.2. The molecule has 0 bridgehead atoms. The average Bonchev–Trinajstić information content (AvgIpc) is 2.71. The largest absolute Gasteiger partial charge is 0.493 e. The summed E-state index contributed by atoms with van der Waals surface area (Å²) >= 11 is 0. The Bertz CT molecular complexity index is 698. The van der Waals surface area contributed by atoms with Crippen molar-refractivity contribution in [3.8, 4) is 11.5 Å². The Hall–Kier alpha value is -1.01. The molecule has 30 heavy (non-hydrogen) atoms. The number of nitrogens with zero attached hydrogens (tertiary/aromatic N) is 1. The molecule has 2 heterocycles. The van der Waals surface area contributed by atoms with E-state index in [1.807, 2.05) is 0 Å². The topological polar surface area (TPSA) is 51.2 Å². The first-order valence-electron chi connectivity index (χ1n) is 11.0. The van der Waals surface area contributed by atoms with Crippen LogP contribution in [0.1, 0.15) is 63.6 Å². The van der Waals surface area contributed by atoms with Crippen LogP contribution in [0.2, 0.25) is 0 Å². The minimum absolute atomic E-state index is 0. The number of rotatable bonds is 8. The normalized spacial score (nSPS) is 27.1. The van der Waals surface area contributed by atoms with Crippen molar-refractivity contribution in [3.05, 3.63) is 23.3 Å². The van der Waals surface area contributed by atoms with Gasteiger partial charge in [-0.25, -0.2) is 0 Å². The van der Waals surface area contributed by atoms with E-state index < -0.39 is 5.60 Å². The van der Waals surface area contributed by atoms with Crippen LogP contribution in [0.15, 0.2) is 12.1 Å². The lowest BCUT2D eigenvalue weighted by molar-refractivity contribution is -0.113. The molecule has 1 fully saturated rings. The molecule has 5 nitrogen and oxygen atoms in total. The molecule has 172 valence electrons. The van der Waals surface area contributed by atoms with Crippen LogP contribution in [0.4, 0.5) is 0 Å². The van der Waals surface area contributed by atoms with Crippen LogP contribution in [0.25, 0.3) is 0 Å². The van der Waals surface area contributed by atoms with Gasteiger partial charge in [-0.15, -0.1) is 12.4 Å². The lowest BCUT2D eigenvalue weighted by Crippen LogP contribution is -2.55. The molecule has 0 spiro atoms. The summed E-state index contributed by atoms with van der Waals surface area (Å²) in [5.74, 6) is 2.43. The first-order chi connectivity index (χ1) is 13.8. The summed E-state index contributed by atoms with van der Waals surface area (Å²) in [5.41, 5.74) is 1.94. The fraction of sp³-hybridized carbons (Fsp3) is 0.750. The third-order valence-electron chi connectivity index (χ3n) is 7.02. The van der Waals surface area contributed by atoms with Gasteiger partial charge in [0.2, 0.25) is 0 Å². The van der Waals surface area contributed by atoms with Gasteiger partial charge < -0.3 is 19.3 Å². The van der Waals surface area contributed by atoms with Crippen LogP contribution in [0.3, 0.4) is 0 Å². The maximum Gasteiger partial charge on any atom is 0.161 e. The van der Waals surface area contributed by atoms with Gasteiger partial charge in [-0.1, -0.05) is 13.8 Å². The van der Waals surface area contributed by atoms with E-state index in [9.17, 15) is 5.11 Å². The van der Waals surface area contributed by atoms with Gasteiger partial charge in [0, 0.05) is 32.2 Å². The smallest absolute Gasteiger partial charge is 0.161 e. The molecule has 1 aromatic rings. The fourth-order valence-corrected chi connectivity index (χ4v) is 5.23. The molecule has 1 aromatic carbocycles. The van der Waals surface area contributed by atoms with E-state index in [-0.39, 0.29) is 24.6 Å². The summed E-state index contributed by atoms with van der Waals surface area (Å²) in [7, 11) is 5.12. The fourth-order valence-electron chi connectivity index (χ4n) is 5.23. The number of methoxy groups -OCH3 is 3. The lowest BCUT2D eigenvalue weighted by atomic mass is 9.69. The van der Waals surface area contributed by atoms with Gasteiger partial charge in [-0.2, -0.15) is 0 Å². The number of halogens is 1. The van der Waals surface area contributed by atoms with Crippen molar-refractivity contribution >= 4 is 12.4 Å². The van der Waals surface area contributed by atoms with Crippen molar-refractivity contribution in [3.63, 3.8) is 0 Å². The molecule has 0 saturated carbocycles. The van der Waals surface area contributed by atoms with E-state index in [4.69, 9.17) is 14.2 Å². The van der Waals surface area contributed by atoms with Crippen molar-refractivity contribution in [1.29, 1.82) is 0 Å². The van der Waals surface area contributed by atoms with Gasteiger partial charge in [0.15, 0.2) is 11.5 Å². The summed E-state index contributed by atoms with van der Waals surface area (Å²) < 4.78 is 16.6. The van der Waals surface area contributed by atoms with Gasteiger partial charge in [0.05, 0.1) is 25.9 Å². The van der Waals surface area contributed by atoms with E-state index in [2.05, 4.69) is 37.8 Å². The summed E-state index contributed by atoms with van der Waals surface area (Å²) in [5, 5.41) is 11.9. The highest BCUT2D eigenvalue weighted by Crippen LogP contribution is 2.48. The highest BCUT2D eigenvalue weighted by molar-refractivity contribution is 5.85. The number of piperidine rings is 1. The predicted octanol–water partition coefficient (Wildman–Crippen LogP) is 4.64. The van der Waals surface area contributed by atoms with E-state index in [1.165, 1.54) is 11.1 Å². The predicted molar refractivity (Wildman–Crippen MR) is 123 cm³/mol. The Morgan fingerprint density at radius 1 is 1.13 bits per heavy atom. The maximum absolute atomic E-state index is 11.9. The standard InChI is InChI=1S/C24H39NO4.ClH/c1-16(2)11-19-15-25-10-8-18-12-22(28-5)23(29-6)13-20(18)21(25)14-24(19,26)9-7-17(3)27-4;/h12-13,16-17,19,21,26H,7-11,14-15H2,1-6H3;1H.